The number of hydrogen-bond acceptors (Lipinski definition) is 3. The van der Waals surface area contributed by atoms with Gasteiger partial charge in [0.25, 0.3) is 0 Å². The number of carbonyl (C=O) groups excluding carboxylic acids is 1. The van der Waals surface area contributed by atoms with E-state index in [0.717, 1.165) is 45.3 Å². The van der Waals surface area contributed by atoms with Gasteiger partial charge in [0, 0.05) is 31.6 Å². The van der Waals surface area contributed by atoms with E-state index in [9.17, 15) is 9.90 Å². The minimum absolute atomic E-state index is 0.170. The number of nitrogens with zero attached hydrogens (tertiary/aromatic N) is 2. The lowest BCUT2D eigenvalue weighted by atomic mass is 9.70. The zero-order chi connectivity index (χ0) is 13.0. The zero-order valence-electron chi connectivity index (χ0n) is 11.5. The third kappa shape index (κ3) is 1.83. The minimum atomic E-state index is -0.170. The molecule has 106 valence electrons. The van der Waals surface area contributed by atoms with Crippen LogP contribution in [0.1, 0.15) is 38.5 Å². The highest BCUT2D eigenvalue weighted by molar-refractivity contribution is 5.77. The predicted octanol–water partition coefficient (Wildman–Crippen LogP) is 0.843. The lowest BCUT2D eigenvalue weighted by Gasteiger charge is -2.57. The van der Waals surface area contributed by atoms with Crippen molar-refractivity contribution in [2.24, 2.45) is 11.8 Å². The molecule has 4 fully saturated rings. The van der Waals surface area contributed by atoms with Crippen LogP contribution in [0.25, 0.3) is 0 Å². The molecule has 0 spiro atoms. The Morgan fingerprint density at radius 2 is 2.00 bits per heavy atom. The fourth-order valence-electron chi connectivity index (χ4n) is 5.18. The average Bonchev–Trinajstić information content (AvgIpc) is 2.40. The number of aliphatic hydroxyl groups is 1. The zero-order valence-corrected chi connectivity index (χ0v) is 11.5. The van der Waals surface area contributed by atoms with Gasteiger partial charge >= 0.3 is 0 Å². The van der Waals surface area contributed by atoms with Gasteiger partial charge in [0.05, 0.1) is 6.10 Å². The maximum atomic E-state index is 12.2. The lowest BCUT2D eigenvalue weighted by molar-refractivity contribution is -0.153. The third-order valence-electron chi connectivity index (χ3n) is 5.91. The molecule has 0 radical (unpaired) electrons. The Kier molecular flexibility index (Phi) is 2.85. The van der Waals surface area contributed by atoms with Gasteiger partial charge in [-0.1, -0.05) is 0 Å². The summed E-state index contributed by atoms with van der Waals surface area (Å²) in [5.41, 5.74) is 0. The van der Waals surface area contributed by atoms with Gasteiger partial charge in [0.1, 0.15) is 0 Å². The largest absolute Gasteiger partial charge is 0.391 e. The van der Waals surface area contributed by atoms with Crippen molar-refractivity contribution in [3.63, 3.8) is 0 Å². The summed E-state index contributed by atoms with van der Waals surface area (Å²) in [4.78, 5) is 16.8. The fourth-order valence-corrected chi connectivity index (χ4v) is 5.18. The molecule has 0 saturated carbocycles. The van der Waals surface area contributed by atoms with E-state index in [0.29, 0.717) is 29.8 Å². The van der Waals surface area contributed by atoms with E-state index in [2.05, 4.69) is 9.80 Å². The molecule has 1 N–H and O–H groups in total. The standard InChI is InChI=1S/C15H24N2O2/c18-13-4-2-6-16-8-10-7-11(15(13)16)9-17-12(10)3-1-5-14(17)19/h10-13,15,18H,1-9H2/t10-,11-,12+,13+,15+/m0/s1. The summed E-state index contributed by atoms with van der Waals surface area (Å²) in [6.07, 6.45) is 6.15. The molecule has 19 heavy (non-hydrogen) atoms. The molecule has 4 heterocycles. The second kappa shape index (κ2) is 4.45. The van der Waals surface area contributed by atoms with Gasteiger partial charge in [-0.2, -0.15) is 0 Å². The molecule has 0 aromatic rings. The second-order valence-corrected chi connectivity index (χ2v) is 6.96. The number of piperidine rings is 4. The maximum Gasteiger partial charge on any atom is 0.222 e. The van der Waals surface area contributed by atoms with E-state index in [1.165, 1.54) is 12.8 Å². The number of amides is 1. The molecule has 4 saturated heterocycles. The number of hydrogen-bond donors (Lipinski definition) is 1. The first-order valence-corrected chi connectivity index (χ1v) is 7.95. The van der Waals surface area contributed by atoms with Crippen molar-refractivity contribution >= 4 is 5.91 Å². The molecule has 0 unspecified atom stereocenters. The van der Waals surface area contributed by atoms with Crippen molar-refractivity contribution in [3.05, 3.63) is 0 Å². The van der Waals surface area contributed by atoms with E-state index in [-0.39, 0.29) is 6.10 Å². The predicted molar refractivity (Wildman–Crippen MR) is 71.6 cm³/mol. The van der Waals surface area contributed by atoms with E-state index in [4.69, 9.17) is 0 Å². The monoisotopic (exact) mass is 264 g/mol. The summed E-state index contributed by atoms with van der Waals surface area (Å²) in [6, 6.07) is 0.818. The molecule has 4 aliphatic rings. The van der Waals surface area contributed by atoms with Gasteiger partial charge < -0.3 is 10.0 Å². The normalized spacial score (nSPS) is 46.7. The molecule has 4 aliphatic heterocycles. The highest BCUT2D eigenvalue weighted by Crippen LogP contribution is 2.42. The van der Waals surface area contributed by atoms with Gasteiger partial charge in [-0.15, -0.1) is 0 Å². The Labute approximate surface area is 114 Å². The van der Waals surface area contributed by atoms with Crippen LogP contribution >= 0.6 is 0 Å². The number of fused-ring (bicyclic) bond motifs is 6. The SMILES string of the molecule is O=C1CCC[C@@H]2[C@H]3C[C@@H](CN12)[C@@H]1[C@H](O)CCCN1C3. The highest BCUT2D eigenvalue weighted by atomic mass is 16.3. The van der Waals surface area contributed by atoms with Crippen LogP contribution < -0.4 is 0 Å². The van der Waals surface area contributed by atoms with Crippen LogP contribution in [0.4, 0.5) is 0 Å². The van der Waals surface area contributed by atoms with Gasteiger partial charge in [-0.3, -0.25) is 9.69 Å². The Morgan fingerprint density at radius 1 is 1.11 bits per heavy atom. The van der Waals surface area contributed by atoms with Crippen LogP contribution in [-0.4, -0.2) is 58.6 Å². The Balaban J connectivity index is 1.61. The van der Waals surface area contributed by atoms with E-state index >= 15 is 0 Å². The van der Waals surface area contributed by atoms with Crippen molar-refractivity contribution in [2.45, 2.75) is 56.7 Å². The topological polar surface area (TPSA) is 43.8 Å². The van der Waals surface area contributed by atoms with Gasteiger partial charge in [-0.05, 0) is 50.5 Å². The first-order valence-electron chi connectivity index (χ1n) is 7.95. The van der Waals surface area contributed by atoms with Crippen molar-refractivity contribution in [1.29, 1.82) is 0 Å². The van der Waals surface area contributed by atoms with Crippen LogP contribution in [0.2, 0.25) is 0 Å². The van der Waals surface area contributed by atoms with Crippen LogP contribution in [0.15, 0.2) is 0 Å². The first kappa shape index (κ1) is 12.2. The quantitative estimate of drug-likeness (QED) is 0.705. The van der Waals surface area contributed by atoms with Crippen molar-refractivity contribution in [1.82, 2.24) is 9.80 Å². The molecule has 1 amide bonds. The molecule has 5 atom stereocenters. The van der Waals surface area contributed by atoms with Gasteiger partial charge in [-0.25, -0.2) is 0 Å². The molecule has 4 rings (SSSR count). The molecule has 2 bridgehead atoms. The summed E-state index contributed by atoms with van der Waals surface area (Å²) in [6.45, 7) is 3.15. The smallest absolute Gasteiger partial charge is 0.222 e. The maximum absolute atomic E-state index is 12.2. The van der Waals surface area contributed by atoms with Crippen molar-refractivity contribution in [3.8, 4) is 0 Å². The Morgan fingerprint density at radius 3 is 2.89 bits per heavy atom. The number of aliphatic hydroxyl groups excluding tert-OH is 1. The van der Waals surface area contributed by atoms with Gasteiger partial charge in [0.15, 0.2) is 0 Å². The summed E-state index contributed by atoms with van der Waals surface area (Å²) < 4.78 is 0. The summed E-state index contributed by atoms with van der Waals surface area (Å²) in [5, 5.41) is 10.3. The second-order valence-electron chi connectivity index (χ2n) is 6.96. The van der Waals surface area contributed by atoms with E-state index in [1.54, 1.807) is 0 Å². The summed E-state index contributed by atoms with van der Waals surface area (Å²) in [5.74, 6) is 1.53. The molecule has 4 heteroatoms. The van der Waals surface area contributed by atoms with E-state index < -0.39 is 0 Å². The molecule has 0 aromatic carbocycles. The highest BCUT2D eigenvalue weighted by Gasteiger charge is 2.50. The molecule has 0 aromatic heterocycles. The fraction of sp³-hybridized carbons (Fsp3) is 0.933. The third-order valence-corrected chi connectivity index (χ3v) is 5.91. The van der Waals surface area contributed by atoms with Crippen molar-refractivity contribution < 1.29 is 9.90 Å². The minimum Gasteiger partial charge on any atom is -0.391 e. The molecular weight excluding hydrogens is 240 g/mol. The lowest BCUT2D eigenvalue weighted by Crippen LogP contribution is -2.67. The summed E-state index contributed by atoms with van der Waals surface area (Å²) in [7, 11) is 0. The molecular formula is C15H24N2O2. The molecule has 0 aliphatic carbocycles. The van der Waals surface area contributed by atoms with Crippen LogP contribution in [0, 0.1) is 11.8 Å². The van der Waals surface area contributed by atoms with Crippen LogP contribution in [0.3, 0.4) is 0 Å². The van der Waals surface area contributed by atoms with E-state index in [1.807, 2.05) is 0 Å². The van der Waals surface area contributed by atoms with Crippen LogP contribution in [-0.2, 0) is 4.79 Å². The number of rotatable bonds is 0. The Hall–Kier alpha value is -0.610. The first-order chi connectivity index (χ1) is 9.24. The molecule has 4 nitrogen and oxygen atoms in total. The van der Waals surface area contributed by atoms with Gasteiger partial charge in [0.2, 0.25) is 5.91 Å². The Bertz CT molecular complexity index is 386. The summed E-state index contributed by atoms with van der Waals surface area (Å²) >= 11 is 0. The average molecular weight is 264 g/mol. The number of carbonyl (C=O) groups is 1. The van der Waals surface area contributed by atoms with Crippen LogP contribution in [0.5, 0.6) is 0 Å². The van der Waals surface area contributed by atoms with Crippen molar-refractivity contribution in [2.75, 3.05) is 19.6 Å².